The maximum atomic E-state index is 12.1. The number of nitrogens with two attached hydrogens (primary N) is 1. The van der Waals surface area contributed by atoms with Crippen molar-refractivity contribution in [3.63, 3.8) is 0 Å². The van der Waals surface area contributed by atoms with Gasteiger partial charge in [-0.15, -0.1) is 0 Å². The lowest BCUT2D eigenvalue weighted by atomic mass is 10.2. The molecule has 0 saturated heterocycles. The van der Waals surface area contributed by atoms with Crippen LogP contribution in [0, 0.1) is 27.7 Å². The topological polar surface area (TPSA) is 72.9 Å². The Balaban J connectivity index is 1.99. The van der Waals surface area contributed by atoms with Gasteiger partial charge in [0, 0.05) is 30.0 Å². The summed E-state index contributed by atoms with van der Waals surface area (Å²) in [7, 11) is 0. The molecule has 1 heterocycles. The zero-order valence-corrected chi connectivity index (χ0v) is 13.0. The van der Waals surface area contributed by atoms with E-state index >= 15 is 0 Å². The minimum absolute atomic E-state index is 0.0334. The van der Waals surface area contributed by atoms with Crippen molar-refractivity contribution in [2.45, 2.75) is 40.7 Å². The normalized spacial score (nSPS) is 10.7. The lowest BCUT2D eigenvalue weighted by molar-refractivity contribution is -0.116. The molecule has 0 radical (unpaired) electrons. The van der Waals surface area contributed by atoms with Gasteiger partial charge >= 0.3 is 0 Å². The number of amides is 1. The summed E-state index contributed by atoms with van der Waals surface area (Å²) < 4.78 is 1.89. The monoisotopic (exact) mass is 286 g/mol. The predicted octanol–water partition coefficient (Wildman–Crippen LogP) is 2.73. The minimum Gasteiger partial charge on any atom is -0.399 e. The summed E-state index contributed by atoms with van der Waals surface area (Å²) in [5.74, 6) is -0.0334. The number of aryl methyl sites for hydroxylation is 3. The molecule has 0 fully saturated rings. The number of aromatic nitrogens is 2. The average Bonchev–Trinajstić information content (AvgIpc) is 2.68. The van der Waals surface area contributed by atoms with E-state index in [1.165, 1.54) is 5.56 Å². The smallest absolute Gasteiger partial charge is 0.226 e. The van der Waals surface area contributed by atoms with Gasteiger partial charge in [-0.05, 0) is 51.0 Å². The Labute approximate surface area is 125 Å². The molecule has 2 rings (SSSR count). The zero-order valence-electron chi connectivity index (χ0n) is 13.0. The van der Waals surface area contributed by atoms with Crippen molar-refractivity contribution >= 4 is 17.3 Å². The molecule has 0 aliphatic rings. The first kappa shape index (κ1) is 15.1. The molecule has 1 aromatic heterocycles. The Hall–Kier alpha value is -2.30. The molecule has 5 nitrogen and oxygen atoms in total. The molecule has 3 N–H and O–H groups in total. The summed E-state index contributed by atoms with van der Waals surface area (Å²) in [5.41, 5.74) is 11.5. The lowest BCUT2D eigenvalue weighted by Crippen LogP contribution is -2.16. The van der Waals surface area contributed by atoms with E-state index in [4.69, 9.17) is 5.73 Å². The van der Waals surface area contributed by atoms with E-state index in [-0.39, 0.29) is 5.91 Å². The van der Waals surface area contributed by atoms with E-state index in [0.717, 1.165) is 22.6 Å². The molecule has 5 heteroatoms. The largest absolute Gasteiger partial charge is 0.399 e. The number of carbonyl (C=O) groups is 1. The number of hydrogen-bond donors (Lipinski definition) is 2. The third kappa shape index (κ3) is 3.42. The molecular weight excluding hydrogens is 264 g/mol. The van der Waals surface area contributed by atoms with Crippen LogP contribution in [0.3, 0.4) is 0 Å². The first-order valence-electron chi connectivity index (χ1n) is 7.05. The second-order valence-electron chi connectivity index (χ2n) is 5.39. The number of nitrogens with one attached hydrogen (secondary N) is 1. The van der Waals surface area contributed by atoms with Crippen molar-refractivity contribution in [2.24, 2.45) is 0 Å². The molecule has 0 unspecified atom stereocenters. The fourth-order valence-corrected chi connectivity index (χ4v) is 2.20. The van der Waals surface area contributed by atoms with Crippen molar-refractivity contribution in [3.05, 3.63) is 40.7 Å². The molecular formula is C16H22N4O. The molecule has 21 heavy (non-hydrogen) atoms. The van der Waals surface area contributed by atoms with Crippen molar-refractivity contribution in [3.8, 4) is 0 Å². The molecule has 0 atom stereocenters. The molecule has 0 aliphatic heterocycles. The summed E-state index contributed by atoms with van der Waals surface area (Å²) in [5, 5.41) is 7.34. The van der Waals surface area contributed by atoms with Gasteiger partial charge in [-0.2, -0.15) is 5.10 Å². The van der Waals surface area contributed by atoms with Gasteiger partial charge in [0.1, 0.15) is 0 Å². The number of hydrogen-bond acceptors (Lipinski definition) is 3. The van der Waals surface area contributed by atoms with Crippen LogP contribution in [-0.2, 0) is 11.3 Å². The highest BCUT2D eigenvalue weighted by Crippen LogP contribution is 2.18. The highest BCUT2D eigenvalue weighted by molar-refractivity contribution is 5.91. The van der Waals surface area contributed by atoms with Gasteiger partial charge < -0.3 is 11.1 Å². The molecule has 0 bridgehead atoms. The molecule has 112 valence electrons. The van der Waals surface area contributed by atoms with Crippen LogP contribution in [-0.4, -0.2) is 15.7 Å². The molecule has 2 aromatic rings. The fourth-order valence-electron chi connectivity index (χ4n) is 2.20. The molecule has 0 spiro atoms. The van der Waals surface area contributed by atoms with Gasteiger partial charge in [0.05, 0.1) is 5.69 Å². The number of nitrogens with zero attached hydrogens (tertiary/aromatic N) is 2. The van der Waals surface area contributed by atoms with Crippen LogP contribution in [0.5, 0.6) is 0 Å². The molecule has 0 saturated carbocycles. The fraction of sp³-hybridized carbons (Fsp3) is 0.375. The Kier molecular flexibility index (Phi) is 4.31. The Morgan fingerprint density at radius 2 is 2.00 bits per heavy atom. The van der Waals surface area contributed by atoms with Crippen molar-refractivity contribution in [2.75, 3.05) is 11.1 Å². The van der Waals surface area contributed by atoms with E-state index < -0.39 is 0 Å². The van der Waals surface area contributed by atoms with Crippen LogP contribution in [0.1, 0.15) is 28.9 Å². The van der Waals surface area contributed by atoms with Gasteiger partial charge in [0.25, 0.3) is 0 Å². The van der Waals surface area contributed by atoms with Crippen molar-refractivity contribution < 1.29 is 4.79 Å². The molecule has 1 amide bonds. The van der Waals surface area contributed by atoms with E-state index in [1.54, 1.807) is 6.07 Å². The number of nitrogen functional groups attached to an aromatic ring is 1. The highest BCUT2D eigenvalue weighted by atomic mass is 16.1. The van der Waals surface area contributed by atoms with Crippen molar-refractivity contribution in [1.82, 2.24) is 9.78 Å². The quantitative estimate of drug-likeness (QED) is 0.849. The zero-order chi connectivity index (χ0) is 15.6. The average molecular weight is 286 g/mol. The van der Waals surface area contributed by atoms with Crippen LogP contribution in [0.2, 0.25) is 0 Å². The van der Waals surface area contributed by atoms with Crippen molar-refractivity contribution in [1.29, 1.82) is 0 Å². The SMILES string of the molecule is Cc1ccc(N)cc1NC(=O)CCn1nc(C)c(C)c1C. The third-order valence-corrected chi connectivity index (χ3v) is 3.83. The predicted molar refractivity (Wildman–Crippen MR) is 85.3 cm³/mol. The first-order chi connectivity index (χ1) is 9.88. The second kappa shape index (κ2) is 5.99. The Bertz CT molecular complexity index is 673. The van der Waals surface area contributed by atoms with Gasteiger partial charge in [0.15, 0.2) is 0 Å². The maximum absolute atomic E-state index is 12.1. The van der Waals surface area contributed by atoms with E-state index in [9.17, 15) is 4.79 Å². The van der Waals surface area contributed by atoms with Gasteiger partial charge in [-0.3, -0.25) is 9.48 Å². The third-order valence-electron chi connectivity index (χ3n) is 3.83. The summed E-state index contributed by atoms with van der Waals surface area (Å²) in [4.78, 5) is 12.1. The minimum atomic E-state index is -0.0334. The highest BCUT2D eigenvalue weighted by Gasteiger charge is 2.10. The van der Waals surface area contributed by atoms with Crippen LogP contribution >= 0.6 is 0 Å². The summed E-state index contributed by atoms with van der Waals surface area (Å²) in [6.45, 7) is 8.57. The maximum Gasteiger partial charge on any atom is 0.226 e. The molecule has 1 aromatic carbocycles. The number of rotatable bonds is 4. The van der Waals surface area contributed by atoms with Gasteiger partial charge in [-0.25, -0.2) is 0 Å². The van der Waals surface area contributed by atoms with Crippen LogP contribution < -0.4 is 11.1 Å². The van der Waals surface area contributed by atoms with Crippen LogP contribution in [0.25, 0.3) is 0 Å². The standard InChI is InChI=1S/C16H22N4O/c1-10-5-6-14(17)9-15(10)18-16(21)7-8-20-13(4)11(2)12(3)19-20/h5-6,9H,7-8,17H2,1-4H3,(H,18,21). The van der Waals surface area contributed by atoms with E-state index in [0.29, 0.717) is 18.7 Å². The number of benzene rings is 1. The summed E-state index contributed by atoms with van der Waals surface area (Å²) in [6, 6.07) is 5.50. The first-order valence-corrected chi connectivity index (χ1v) is 7.05. The van der Waals surface area contributed by atoms with Gasteiger partial charge in [0.2, 0.25) is 5.91 Å². The number of carbonyl (C=O) groups excluding carboxylic acids is 1. The van der Waals surface area contributed by atoms with Crippen LogP contribution in [0.15, 0.2) is 18.2 Å². The summed E-state index contributed by atoms with van der Waals surface area (Å²) in [6.07, 6.45) is 0.385. The Morgan fingerprint density at radius 3 is 2.62 bits per heavy atom. The van der Waals surface area contributed by atoms with E-state index in [1.807, 2.05) is 44.5 Å². The Morgan fingerprint density at radius 1 is 1.29 bits per heavy atom. The molecule has 0 aliphatic carbocycles. The second-order valence-corrected chi connectivity index (χ2v) is 5.39. The number of anilines is 2. The summed E-state index contributed by atoms with van der Waals surface area (Å²) >= 11 is 0. The van der Waals surface area contributed by atoms with Crippen LogP contribution in [0.4, 0.5) is 11.4 Å². The van der Waals surface area contributed by atoms with E-state index in [2.05, 4.69) is 10.4 Å². The lowest BCUT2D eigenvalue weighted by Gasteiger charge is -2.10. The van der Waals surface area contributed by atoms with Gasteiger partial charge in [-0.1, -0.05) is 6.07 Å².